The highest BCUT2D eigenvalue weighted by Gasteiger charge is 2.18. The highest BCUT2D eigenvalue weighted by atomic mass is 31.1. The quantitative estimate of drug-likeness (QED) is 0.152. The van der Waals surface area contributed by atoms with E-state index in [2.05, 4.69) is 10.6 Å². The predicted molar refractivity (Wildman–Crippen MR) is 150 cm³/mol. The minimum absolute atomic E-state index is 0.0138. The van der Waals surface area contributed by atoms with Crippen LogP contribution in [0, 0.1) is 0 Å². The van der Waals surface area contributed by atoms with Gasteiger partial charge in [0.25, 0.3) is 11.8 Å². The summed E-state index contributed by atoms with van der Waals surface area (Å²) in [6.45, 7) is 2.39. The van der Waals surface area contributed by atoms with Crippen LogP contribution in [0.15, 0.2) is 72.8 Å². The zero-order chi connectivity index (χ0) is 27.9. The number of nitrogens with one attached hydrogen (secondary N) is 2. The van der Waals surface area contributed by atoms with Gasteiger partial charge in [-0.25, -0.2) is 0 Å². The van der Waals surface area contributed by atoms with E-state index in [9.17, 15) is 14.4 Å². The molecule has 0 fully saturated rings. The van der Waals surface area contributed by atoms with Crippen LogP contribution in [0.3, 0.4) is 0 Å². The van der Waals surface area contributed by atoms with Gasteiger partial charge < -0.3 is 31.7 Å². The van der Waals surface area contributed by atoms with Crippen molar-refractivity contribution in [2.45, 2.75) is 13.3 Å². The van der Waals surface area contributed by atoms with Crippen LogP contribution in [0.2, 0.25) is 0 Å². The SMILES string of the molecule is CCO.NC(=O)c1ccc(P(c2ccc(C(=O)NCCO)cc2)c2ccc(C(=O)NCCCO)cc2)cc1. The van der Waals surface area contributed by atoms with Crippen molar-refractivity contribution in [3.63, 3.8) is 0 Å². The zero-order valence-corrected chi connectivity index (χ0v) is 22.2. The normalized spacial score (nSPS) is 11.1. The summed E-state index contributed by atoms with van der Waals surface area (Å²) in [6.07, 6.45) is 0.491. The lowest BCUT2D eigenvalue weighted by molar-refractivity contribution is 0.0939. The van der Waals surface area contributed by atoms with Crippen molar-refractivity contribution < 1.29 is 29.7 Å². The molecule has 0 radical (unpaired) electrons. The number of hydrogen-bond acceptors (Lipinski definition) is 6. The van der Waals surface area contributed by atoms with Crippen LogP contribution < -0.4 is 32.3 Å². The van der Waals surface area contributed by atoms with Crippen LogP contribution in [0.5, 0.6) is 0 Å². The third-order valence-electron chi connectivity index (χ3n) is 5.20. The van der Waals surface area contributed by atoms with E-state index in [1.165, 1.54) is 0 Å². The van der Waals surface area contributed by atoms with Crippen molar-refractivity contribution in [2.75, 3.05) is 32.9 Å². The molecule has 1 atom stereocenters. The van der Waals surface area contributed by atoms with E-state index in [4.69, 9.17) is 21.1 Å². The van der Waals surface area contributed by atoms with E-state index >= 15 is 0 Å². The number of nitrogens with two attached hydrogens (primary N) is 1. The first-order chi connectivity index (χ1) is 18.4. The topological polar surface area (TPSA) is 162 Å². The molecule has 3 rings (SSSR count). The molecule has 38 heavy (non-hydrogen) atoms. The highest BCUT2D eigenvalue weighted by molar-refractivity contribution is 7.79. The number of hydrogen-bond donors (Lipinski definition) is 6. The molecule has 3 amide bonds. The largest absolute Gasteiger partial charge is 0.397 e. The summed E-state index contributed by atoms with van der Waals surface area (Å²) in [5.41, 5.74) is 6.80. The molecule has 0 heterocycles. The van der Waals surface area contributed by atoms with Gasteiger partial charge in [0.05, 0.1) is 6.61 Å². The zero-order valence-electron chi connectivity index (χ0n) is 21.3. The molecule has 0 aromatic heterocycles. The Bertz CT molecular complexity index is 1170. The summed E-state index contributed by atoms with van der Waals surface area (Å²) < 4.78 is 0. The van der Waals surface area contributed by atoms with Gasteiger partial charge in [-0.3, -0.25) is 14.4 Å². The molecule has 7 N–H and O–H groups in total. The number of primary amides is 1. The summed E-state index contributed by atoms with van der Waals surface area (Å²) in [5.74, 6) is -0.980. The molecule has 3 aromatic carbocycles. The average molecular weight is 540 g/mol. The molecule has 3 aromatic rings. The average Bonchev–Trinajstić information content (AvgIpc) is 2.93. The van der Waals surface area contributed by atoms with E-state index in [0.717, 1.165) is 15.9 Å². The second-order valence-electron chi connectivity index (χ2n) is 7.97. The molecular formula is C28H34N3O6P. The maximum Gasteiger partial charge on any atom is 0.251 e. The number of aliphatic hydroxyl groups excluding tert-OH is 3. The number of aliphatic hydroxyl groups is 3. The van der Waals surface area contributed by atoms with Gasteiger partial charge in [-0.2, -0.15) is 0 Å². The second-order valence-corrected chi connectivity index (χ2v) is 10.2. The Balaban J connectivity index is 0.00000161. The highest BCUT2D eigenvalue weighted by Crippen LogP contribution is 2.33. The van der Waals surface area contributed by atoms with Crippen LogP contribution in [-0.4, -0.2) is 66.0 Å². The molecule has 202 valence electrons. The molecule has 0 spiro atoms. The van der Waals surface area contributed by atoms with Gasteiger partial charge in [-0.1, -0.05) is 36.4 Å². The Morgan fingerprint density at radius 3 is 1.37 bits per heavy atom. The number of amides is 3. The van der Waals surface area contributed by atoms with Crippen molar-refractivity contribution in [3.8, 4) is 0 Å². The first-order valence-corrected chi connectivity index (χ1v) is 13.5. The molecule has 0 saturated heterocycles. The summed E-state index contributed by atoms with van der Waals surface area (Å²) in [4.78, 5) is 36.1. The Labute approximate surface area is 223 Å². The van der Waals surface area contributed by atoms with E-state index < -0.39 is 13.8 Å². The minimum atomic E-state index is -1.05. The van der Waals surface area contributed by atoms with E-state index in [1.807, 2.05) is 36.4 Å². The van der Waals surface area contributed by atoms with E-state index in [0.29, 0.717) is 29.7 Å². The van der Waals surface area contributed by atoms with Crippen molar-refractivity contribution in [3.05, 3.63) is 89.5 Å². The third-order valence-corrected chi connectivity index (χ3v) is 7.65. The van der Waals surface area contributed by atoms with Crippen molar-refractivity contribution >= 4 is 41.6 Å². The van der Waals surface area contributed by atoms with Gasteiger partial charge in [-0.15, -0.1) is 0 Å². The third kappa shape index (κ3) is 9.04. The fourth-order valence-electron chi connectivity index (χ4n) is 3.40. The van der Waals surface area contributed by atoms with Crippen molar-refractivity contribution in [1.29, 1.82) is 0 Å². The van der Waals surface area contributed by atoms with Crippen molar-refractivity contribution in [1.82, 2.24) is 10.6 Å². The molecule has 0 aliphatic carbocycles. The Kier molecular flexibility index (Phi) is 13.1. The lowest BCUT2D eigenvalue weighted by Gasteiger charge is -2.20. The van der Waals surface area contributed by atoms with Gasteiger partial charge in [0, 0.05) is 43.0 Å². The van der Waals surface area contributed by atoms with Gasteiger partial charge in [0.2, 0.25) is 5.91 Å². The van der Waals surface area contributed by atoms with Crippen LogP contribution >= 0.6 is 7.92 Å². The Hall–Kier alpha value is -3.62. The van der Waals surface area contributed by atoms with Crippen molar-refractivity contribution in [2.24, 2.45) is 5.73 Å². The summed E-state index contributed by atoms with van der Waals surface area (Å²) in [6, 6.07) is 21.7. The van der Waals surface area contributed by atoms with E-state index in [-0.39, 0.29) is 38.2 Å². The number of benzene rings is 3. The number of rotatable bonds is 11. The fraction of sp³-hybridized carbons (Fsp3) is 0.250. The van der Waals surface area contributed by atoms with Gasteiger partial charge in [0.15, 0.2) is 0 Å². The lowest BCUT2D eigenvalue weighted by atomic mass is 10.2. The van der Waals surface area contributed by atoms with E-state index in [1.54, 1.807) is 43.3 Å². The van der Waals surface area contributed by atoms with Gasteiger partial charge in [0.1, 0.15) is 0 Å². The maximum absolute atomic E-state index is 12.3. The molecule has 0 bridgehead atoms. The molecule has 0 saturated carbocycles. The monoisotopic (exact) mass is 539 g/mol. The van der Waals surface area contributed by atoms with Crippen LogP contribution in [0.25, 0.3) is 0 Å². The second kappa shape index (κ2) is 16.3. The first-order valence-electron chi connectivity index (χ1n) is 12.1. The van der Waals surface area contributed by atoms with Gasteiger partial charge >= 0.3 is 0 Å². The van der Waals surface area contributed by atoms with Crippen LogP contribution in [0.4, 0.5) is 0 Å². The fourth-order valence-corrected chi connectivity index (χ4v) is 5.64. The lowest BCUT2D eigenvalue weighted by Crippen LogP contribution is -2.27. The standard InChI is InChI=1S/C26H28N3O5P.C2H6O/c27-24(32)18-2-8-21(9-3-18)35(23-12-6-20(7-13-23)26(34)29-15-17-31)22-10-4-19(5-11-22)25(33)28-14-1-16-30;1-2-3/h2-13,30-31H,1,14-17H2,(H2,27,32)(H,28,33)(H,29,34);3H,2H2,1H3. The molecule has 9 nitrogen and oxygen atoms in total. The summed E-state index contributed by atoms with van der Waals surface area (Å²) in [5, 5.41) is 33.7. The number of carbonyl (C=O) groups is 3. The Morgan fingerprint density at radius 1 is 0.658 bits per heavy atom. The minimum Gasteiger partial charge on any atom is -0.397 e. The summed E-state index contributed by atoms with van der Waals surface area (Å²) >= 11 is 0. The van der Waals surface area contributed by atoms with Crippen LogP contribution in [-0.2, 0) is 0 Å². The molecule has 0 aliphatic rings. The molecule has 1 unspecified atom stereocenters. The molecule has 0 aliphatic heterocycles. The molecule has 10 heteroatoms. The van der Waals surface area contributed by atoms with Gasteiger partial charge in [-0.05, 0) is 73.6 Å². The Morgan fingerprint density at radius 2 is 1.03 bits per heavy atom. The molecular weight excluding hydrogens is 505 g/mol. The predicted octanol–water partition coefficient (Wildman–Crippen LogP) is 0.377. The number of carbonyl (C=O) groups excluding carboxylic acids is 3. The maximum atomic E-state index is 12.3. The summed E-state index contributed by atoms with van der Waals surface area (Å²) in [7, 11) is -1.05. The smallest absolute Gasteiger partial charge is 0.251 e. The first kappa shape index (κ1) is 30.6. The van der Waals surface area contributed by atoms with Crippen LogP contribution in [0.1, 0.15) is 44.4 Å².